The zero-order valence-corrected chi connectivity index (χ0v) is 7.32. The molecule has 1 heterocycles. The van der Waals surface area contributed by atoms with Crippen LogP contribution in [0.5, 0.6) is 0 Å². The Bertz CT molecular complexity index is 347. The number of nitrogens with one attached hydrogen (secondary N) is 1. The van der Waals surface area contributed by atoms with Crippen molar-refractivity contribution in [2.75, 3.05) is 5.32 Å². The SMILES string of the molecule is CC(O)C1C(=O)Nc2ccccc21. The first-order chi connectivity index (χ1) is 6.20. The highest BCUT2D eigenvalue weighted by Crippen LogP contribution is 2.33. The number of hydrogen-bond donors (Lipinski definition) is 2. The van der Waals surface area contributed by atoms with Crippen molar-refractivity contribution < 1.29 is 9.90 Å². The summed E-state index contributed by atoms with van der Waals surface area (Å²) in [5.74, 6) is -0.521. The van der Waals surface area contributed by atoms with E-state index in [4.69, 9.17) is 0 Å². The second-order valence-electron chi connectivity index (χ2n) is 3.29. The number of carbonyl (C=O) groups excluding carboxylic acids is 1. The van der Waals surface area contributed by atoms with Gasteiger partial charge in [0.05, 0.1) is 12.0 Å². The number of hydrogen-bond acceptors (Lipinski definition) is 2. The summed E-state index contributed by atoms with van der Waals surface area (Å²) in [6.07, 6.45) is -0.636. The molecule has 0 radical (unpaired) electrons. The summed E-state index contributed by atoms with van der Waals surface area (Å²) in [5.41, 5.74) is 1.71. The van der Waals surface area contributed by atoms with Gasteiger partial charge in [-0.2, -0.15) is 0 Å². The van der Waals surface area contributed by atoms with Gasteiger partial charge in [-0.25, -0.2) is 0 Å². The molecule has 0 spiro atoms. The van der Waals surface area contributed by atoms with E-state index in [-0.39, 0.29) is 5.91 Å². The smallest absolute Gasteiger partial charge is 0.234 e. The molecule has 2 atom stereocenters. The van der Waals surface area contributed by atoms with Crippen molar-refractivity contribution in [1.29, 1.82) is 0 Å². The lowest BCUT2D eigenvalue weighted by Gasteiger charge is -2.10. The normalized spacial score (nSPS) is 22.3. The third-order valence-corrected chi connectivity index (χ3v) is 2.32. The molecule has 3 nitrogen and oxygen atoms in total. The fourth-order valence-corrected chi connectivity index (χ4v) is 1.71. The van der Waals surface area contributed by atoms with Crippen LogP contribution in [0.2, 0.25) is 0 Å². The number of rotatable bonds is 1. The zero-order chi connectivity index (χ0) is 9.42. The third-order valence-electron chi connectivity index (χ3n) is 2.32. The molecule has 0 fully saturated rings. The molecule has 1 aliphatic rings. The maximum atomic E-state index is 11.4. The highest BCUT2D eigenvalue weighted by atomic mass is 16.3. The van der Waals surface area contributed by atoms with Crippen molar-refractivity contribution in [1.82, 2.24) is 0 Å². The van der Waals surface area contributed by atoms with Gasteiger partial charge in [0.1, 0.15) is 0 Å². The number of benzene rings is 1. The molecule has 0 aromatic heterocycles. The molecular formula is C10H11NO2. The number of para-hydroxylation sites is 1. The van der Waals surface area contributed by atoms with Gasteiger partial charge in [0.25, 0.3) is 0 Å². The first kappa shape index (κ1) is 8.26. The minimum absolute atomic E-state index is 0.115. The first-order valence-corrected chi connectivity index (χ1v) is 4.28. The van der Waals surface area contributed by atoms with E-state index in [0.717, 1.165) is 11.3 Å². The summed E-state index contributed by atoms with van der Waals surface area (Å²) in [5, 5.41) is 12.1. The predicted octanol–water partition coefficient (Wildman–Crippen LogP) is 1.10. The lowest BCUT2D eigenvalue weighted by Crippen LogP contribution is -2.22. The van der Waals surface area contributed by atoms with Gasteiger partial charge in [0.2, 0.25) is 5.91 Å². The minimum atomic E-state index is -0.636. The summed E-state index contributed by atoms with van der Waals surface area (Å²) in [7, 11) is 0. The van der Waals surface area contributed by atoms with Gasteiger partial charge in [0.15, 0.2) is 0 Å². The van der Waals surface area contributed by atoms with Crippen molar-refractivity contribution in [2.24, 2.45) is 0 Å². The van der Waals surface area contributed by atoms with E-state index < -0.39 is 12.0 Å². The second-order valence-corrected chi connectivity index (χ2v) is 3.29. The van der Waals surface area contributed by atoms with Crippen LogP contribution in [0.15, 0.2) is 24.3 Å². The number of fused-ring (bicyclic) bond motifs is 1. The highest BCUT2D eigenvalue weighted by Gasteiger charge is 2.33. The van der Waals surface area contributed by atoms with E-state index in [2.05, 4.69) is 5.32 Å². The fraction of sp³-hybridized carbons (Fsp3) is 0.300. The van der Waals surface area contributed by atoms with Gasteiger partial charge in [-0.15, -0.1) is 0 Å². The van der Waals surface area contributed by atoms with Crippen LogP contribution in [0.1, 0.15) is 18.4 Å². The van der Waals surface area contributed by atoms with Crippen LogP contribution in [0.25, 0.3) is 0 Å². The van der Waals surface area contributed by atoms with Crippen molar-refractivity contribution in [2.45, 2.75) is 18.9 Å². The molecule has 1 aromatic rings. The Hall–Kier alpha value is -1.35. The zero-order valence-electron chi connectivity index (χ0n) is 7.32. The van der Waals surface area contributed by atoms with Crippen LogP contribution >= 0.6 is 0 Å². The Balaban J connectivity index is 2.46. The average molecular weight is 177 g/mol. The number of aliphatic hydroxyl groups is 1. The maximum absolute atomic E-state index is 11.4. The molecule has 0 saturated carbocycles. The minimum Gasteiger partial charge on any atom is -0.392 e. The van der Waals surface area contributed by atoms with E-state index in [1.165, 1.54) is 0 Å². The molecule has 0 aliphatic carbocycles. The summed E-state index contributed by atoms with van der Waals surface area (Å²) in [6, 6.07) is 7.44. The molecule has 1 amide bonds. The monoisotopic (exact) mass is 177 g/mol. The van der Waals surface area contributed by atoms with Gasteiger partial charge in [-0.3, -0.25) is 4.79 Å². The fourth-order valence-electron chi connectivity index (χ4n) is 1.71. The molecule has 2 N–H and O–H groups in total. The predicted molar refractivity (Wildman–Crippen MR) is 49.5 cm³/mol. The third kappa shape index (κ3) is 1.21. The van der Waals surface area contributed by atoms with Gasteiger partial charge in [-0.1, -0.05) is 18.2 Å². The average Bonchev–Trinajstić information content (AvgIpc) is 2.39. The standard InChI is InChI=1S/C10H11NO2/c1-6(12)9-7-4-2-3-5-8(7)11-10(9)13/h2-6,9,12H,1H3,(H,11,13). The van der Waals surface area contributed by atoms with Crippen LogP contribution in [-0.4, -0.2) is 17.1 Å². The van der Waals surface area contributed by atoms with Crippen LogP contribution in [0, 0.1) is 0 Å². The maximum Gasteiger partial charge on any atom is 0.234 e. The van der Waals surface area contributed by atoms with Gasteiger partial charge in [0, 0.05) is 5.69 Å². The summed E-state index contributed by atoms with van der Waals surface area (Å²) in [6.45, 7) is 1.63. The summed E-state index contributed by atoms with van der Waals surface area (Å²) < 4.78 is 0. The number of anilines is 1. The number of amides is 1. The molecule has 13 heavy (non-hydrogen) atoms. The summed E-state index contributed by atoms with van der Waals surface area (Å²) in [4.78, 5) is 11.4. The van der Waals surface area contributed by atoms with Crippen molar-refractivity contribution in [3.05, 3.63) is 29.8 Å². The largest absolute Gasteiger partial charge is 0.392 e. The van der Waals surface area contributed by atoms with Gasteiger partial charge < -0.3 is 10.4 Å². The quantitative estimate of drug-likeness (QED) is 0.675. The van der Waals surface area contributed by atoms with Crippen molar-refractivity contribution >= 4 is 11.6 Å². The Morgan fingerprint density at radius 1 is 1.46 bits per heavy atom. The van der Waals surface area contributed by atoms with Crippen LogP contribution in [-0.2, 0) is 4.79 Å². The number of aliphatic hydroxyl groups excluding tert-OH is 1. The molecule has 1 aliphatic heterocycles. The Kier molecular flexibility index (Phi) is 1.81. The lowest BCUT2D eigenvalue weighted by atomic mass is 9.96. The van der Waals surface area contributed by atoms with Crippen LogP contribution in [0.4, 0.5) is 5.69 Å². The Labute approximate surface area is 76.4 Å². The molecule has 0 saturated heterocycles. The molecule has 2 unspecified atom stereocenters. The Morgan fingerprint density at radius 2 is 2.15 bits per heavy atom. The van der Waals surface area contributed by atoms with E-state index in [1.54, 1.807) is 6.92 Å². The number of carbonyl (C=O) groups is 1. The molecule has 0 bridgehead atoms. The molecular weight excluding hydrogens is 166 g/mol. The lowest BCUT2D eigenvalue weighted by molar-refractivity contribution is -0.119. The molecule has 2 rings (SSSR count). The van der Waals surface area contributed by atoms with E-state index in [1.807, 2.05) is 24.3 Å². The molecule has 68 valence electrons. The van der Waals surface area contributed by atoms with Crippen LogP contribution in [0.3, 0.4) is 0 Å². The van der Waals surface area contributed by atoms with E-state index in [9.17, 15) is 9.90 Å². The summed E-state index contributed by atoms with van der Waals surface area (Å²) >= 11 is 0. The van der Waals surface area contributed by atoms with Crippen molar-refractivity contribution in [3.8, 4) is 0 Å². The van der Waals surface area contributed by atoms with E-state index >= 15 is 0 Å². The van der Waals surface area contributed by atoms with Crippen LogP contribution < -0.4 is 5.32 Å². The highest BCUT2D eigenvalue weighted by molar-refractivity contribution is 6.03. The molecule has 3 heteroatoms. The van der Waals surface area contributed by atoms with Gasteiger partial charge in [-0.05, 0) is 18.6 Å². The van der Waals surface area contributed by atoms with Crippen molar-refractivity contribution in [3.63, 3.8) is 0 Å². The topological polar surface area (TPSA) is 49.3 Å². The molecule has 1 aromatic carbocycles. The van der Waals surface area contributed by atoms with E-state index in [0.29, 0.717) is 0 Å². The van der Waals surface area contributed by atoms with Gasteiger partial charge >= 0.3 is 0 Å². The second kappa shape index (κ2) is 2.85. The first-order valence-electron chi connectivity index (χ1n) is 4.28. The Morgan fingerprint density at radius 3 is 2.85 bits per heavy atom.